The number of nitriles is 1. The van der Waals surface area contributed by atoms with Gasteiger partial charge in [-0.25, -0.2) is 9.97 Å². The standard InChI is InChI=1S/C17H8ClN3S/c18-16-14(11-7-5-10(9-19)6-8-11)21-17-15(20-16)12-3-1-2-4-13(12)22-17/h1-8H. The number of nitrogens with zero attached hydrogens (tertiary/aromatic N) is 3. The summed E-state index contributed by atoms with van der Waals surface area (Å²) in [4.78, 5) is 10.1. The summed E-state index contributed by atoms with van der Waals surface area (Å²) in [6.07, 6.45) is 0. The van der Waals surface area contributed by atoms with Crippen LogP contribution in [-0.4, -0.2) is 9.97 Å². The van der Waals surface area contributed by atoms with Gasteiger partial charge in [0.25, 0.3) is 0 Å². The van der Waals surface area contributed by atoms with Crippen LogP contribution in [0.25, 0.3) is 31.7 Å². The van der Waals surface area contributed by atoms with E-state index < -0.39 is 0 Å². The van der Waals surface area contributed by atoms with Crippen LogP contribution in [0.3, 0.4) is 0 Å². The molecule has 0 radical (unpaired) electrons. The fourth-order valence-corrected chi connectivity index (χ4v) is 3.64. The Hall–Kier alpha value is -2.48. The Balaban J connectivity index is 1.96. The van der Waals surface area contributed by atoms with Gasteiger partial charge in [-0.2, -0.15) is 5.26 Å². The van der Waals surface area contributed by atoms with Crippen LogP contribution in [0.5, 0.6) is 0 Å². The van der Waals surface area contributed by atoms with Gasteiger partial charge in [-0.3, -0.25) is 0 Å². The zero-order chi connectivity index (χ0) is 15.1. The first-order valence-corrected chi connectivity index (χ1v) is 7.81. The van der Waals surface area contributed by atoms with Crippen LogP contribution in [0.4, 0.5) is 0 Å². The lowest BCUT2D eigenvalue weighted by atomic mass is 10.1. The molecule has 2 aromatic carbocycles. The Kier molecular flexibility index (Phi) is 3.04. The molecule has 0 aliphatic rings. The van der Waals surface area contributed by atoms with Gasteiger partial charge >= 0.3 is 0 Å². The lowest BCUT2D eigenvalue weighted by molar-refractivity contribution is 1.32. The number of hydrogen-bond acceptors (Lipinski definition) is 4. The molecule has 0 saturated heterocycles. The van der Waals surface area contributed by atoms with E-state index in [0.29, 0.717) is 16.4 Å². The number of hydrogen-bond donors (Lipinski definition) is 0. The van der Waals surface area contributed by atoms with Crippen LogP contribution in [0, 0.1) is 11.3 Å². The van der Waals surface area contributed by atoms with E-state index in [1.165, 1.54) is 0 Å². The fraction of sp³-hybridized carbons (Fsp3) is 0. The van der Waals surface area contributed by atoms with E-state index in [0.717, 1.165) is 26.0 Å². The van der Waals surface area contributed by atoms with Gasteiger partial charge in [0.15, 0.2) is 5.15 Å². The van der Waals surface area contributed by atoms with Crippen molar-refractivity contribution in [3.63, 3.8) is 0 Å². The van der Waals surface area contributed by atoms with Gasteiger partial charge in [0.2, 0.25) is 0 Å². The van der Waals surface area contributed by atoms with Crippen molar-refractivity contribution in [2.24, 2.45) is 0 Å². The first-order valence-electron chi connectivity index (χ1n) is 6.61. The minimum absolute atomic E-state index is 0.376. The average Bonchev–Trinajstić information content (AvgIpc) is 2.92. The summed E-state index contributed by atoms with van der Waals surface area (Å²) in [5, 5.41) is 10.3. The summed E-state index contributed by atoms with van der Waals surface area (Å²) in [5.41, 5.74) is 2.94. The molecule has 2 aromatic heterocycles. The van der Waals surface area contributed by atoms with Crippen molar-refractivity contribution in [3.8, 4) is 17.3 Å². The quantitative estimate of drug-likeness (QED) is 0.493. The summed E-state index contributed by atoms with van der Waals surface area (Å²) < 4.78 is 1.14. The minimum Gasteiger partial charge on any atom is -0.232 e. The van der Waals surface area contributed by atoms with Crippen molar-refractivity contribution in [1.82, 2.24) is 9.97 Å². The van der Waals surface area contributed by atoms with Crippen LogP contribution in [0.15, 0.2) is 48.5 Å². The van der Waals surface area contributed by atoms with E-state index in [4.69, 9.17) is 16.9 Å². The highest BCUT2D eigenvalue weighted by molar-refractivity contribution is 7.25. The van der Waals surface area contributed by atoms with Gasteiger partial charge < -0.3 is 0 Å². The van der Waals surface area contributed by atoms with Crippen LogP contribution >= 0.6 is 22.9 Å². The van der Waals surface area contributed by atoms with Crippen molar-refractivity contribution in [2.75, 3.05) is 0 Å². The number of rotatable bonds is 1. The van der Waals surface area contributed by atoms with Gasteiger partial charge in [0.05, 0.1) is 11.6 Å². The second kappa shape index (κ2) is 5.06. The maximum atomic E-state index is 8.87. The summed E-state index contributed by atoms with van der Waals surface area (Å²) >= 11 is 7.94. The molecular formula is C17H8ClN3S. The molecule has 2 heterocycles. The van der Waals surface area contributed by atoms with Gasteiger partial charge in [0, 0.05) is 15.6 Å². The predicted octanol–water partition coefficient (Wildman–Crippen LogP) is 5.04. The molecule has 0 saturated carbocycles. The Bertz CT molecular complexity index is 1050. The van der Waals surface area contributed by atoms with Crippen LogP contribution in [0.2, 0.25) is 5.15 Å². The van der Waals surface area contributed by atoms with Crippen molar-refractivity contribution in [1.29, 1.82) is 5.26 Å². The number of fused-ring (bicyclic) bond motifs is 3. The lowest BCUT2D eigenvalue weighted by Crippen LogP contribution is -1.89. The van der Waals surface area contributed by atoms with E-state index >= 15 is 0 Å². The molecule has 0 bridgehead atoms. The third kappa shape index (κ3) is 2.03. The largest absolute Gasteiger partial charge is 0.232 e. The molecular weight excluding hydrogens is 314 g/mol. The highest BCUT2D eigenvalue weighted by atomic mass is 35.5. The molecule has 4 rings (SSSR count). The van der Waals surface area contributed by atoms with Crippen molar-refractivity contribution < 1.29 is 0 Å². The topological polar surface area (TPSA) is 49.6 Å². The summed E-state index contributed by atoms with van der Waals surface area (Å²) in [6, 6.07) is 17.4. The van der Waals surface area contributed by atoms with Crippen molar-refractivity contribution >= 4 is 43.4 Å². The number of aromatic nitrogens is 2. The fourth-order valence-electron chi connectivity index (χ4n) is 2.39. The zero-order valence-electron chi connectivity index (χ0n) is 11.2. The normalized spacial score (nSPS) is 10.9. The molecule has 0 unspecified atom stereocenters. The van der Waals surface area contributed by atoms with Gasteiger partial charge in [0.1, 0.15) is 16.0 Å². The van der Waals surface area contributed by atoms with Crippen LogP contribution in [0.1, 0.15) is 5.56 Å². The highest BCUT2D eigenvalue weighted by Gasteiger charge is 2.13. The van der Waals surface area contributed by atoms with Gasteiger partial charge in [-0.05, 0) is 18.2 Å². The molecule has 0 aliphatic carbocycles. The summed E-state index contributed by atoms with van der Waals surface area (Å²) in [7, 11) is 0. The Morgan fingerprint density at radius 2 is 1.77 bits per heavy atom. The molecule has 0 spiro atoms. The third-order valence-electron chi connectivity index (χ3n) is 3.46. The molecule has 0 fully saturated rings. The summed E-state index contributed by atoms with van der Waals surface area (Å²) in [5.74, 6) is 0. The highest BCUT2D eigenvalue weighted by Crippen LogP contribution is 2.35. The first-order chi connectivity index (χ1) is 10.8. The smallest absolute Gasteiger partial charge is 0.156 e. The maximum absolute atomic E-state index is 8.87. The molecule has 0 aliphatic heterocycles. The Morgan fingerprint density at radius 1 is 1.00 bits per heavy atom. The second-order valence-corrected chi connectivity index (χ2v) is 6.19. The van der Waals surface area contributed by atoms with Crippen LogP contribution < -0.4 is 0 Å². The maximum Gasteiger partial charge on any atom is 0.156 e. The van der Waals surface area contributed by atoms with E-state index in [1.807, 2.05) is 30.3 Å². The summed E-state index contributed by atoms with van der Waals surface area (Å²) in [6.45, 7) is 0. The SMILES string of the molecule is N#Cc1ccc(-c2nc3sc4ccccc4c3nc2Cl)cc1. The Morgan fingerprint density at radius 3 is 2.55 bits per heavy atom. The van der Waals surface area contributed by atoms with Gasteiger partial charge in [-0.15, -0.1) is 11.3 Å². The minimum atomic E-state index is 0.376. The third-order valence-corrected chi connectivity index (χ3v) is 4.77. The van der Waals surface area contributed by atoms with Crippen LogP contribution in [-0.2, 0) is 0 Å². The van der Waals surface area contributed by atoms with E-state index in [9.17, 15) is 0 Å². The zero-order valence-corrected chi connectivity index (χ0v) is 12.8. The predicted molar refractivity (Wildman–Crippen MR) is 90.1 cm³/mol. The number of halogens is 1. The molecule has 22 heavy (non-hydrogen) atoms. The van der Waals surface area contributed by atoms with E-state index in [2.05, 4.69) is 22.1 Å². The molecule has 0 N–H and O–H groups in total. The lowest BCUT2D eigenvalue weighted by Gasteiger charge is -2.03. The monoisotopic (exact) mass is 321 g/mol. The first kappa shape index (κ1) is 13.2. The van der Waals surface area contributed by atoms with Crippen molar-refractivity contribution in [3.05, 3.63) is 59.2 Å². The molecule has 0 amide bonds. The molecule has 5 heteroatoms. The molecule has 0 atom stereocenters. The van der Waals surface area contributed by atoms with Gasteiger partial charge in [-0.1, -0.05) is 41.9 Å². The van der Waals surface area contributed by atoms with E-state index in [1.54, 1.807) is 23.5 Å². The second-order valence-electron chi connectivity index (χ2n) is 4.80. The Labute approximate surface area is 135 Å². The number of thiophene rings is 1. The molecule has 3 nitrogen and oxygen atoms in total. The van der Waals surface area contributed by atoms with E-state index in [-0.39, 0.29) is 0 Å². The average molecular weight is 322 g/mol. The number of benzene rings is 2. The molecule has 4 aromatic rings. The molecule has 104 valence electrons. The van der Waals surface area contributed by atoms with Crippen molar-refractivity contribution in [2.45, 2.75) is 0 Å².